The van der Waals surface area contributed by atoms with E-state index in [4.69, 9.17) is 0 Å². The van der Waals surface area contributed by atoms with Crippen LogP contribution in [-0.4, -0.2) is 0 Å². The highest BCUT2D eigenvalue weighted by Crippen LogP contribution is 2.61. The van der Waals surface area contributed by atoms with Gasteiger partial charge in [0, 0.05) is 31.8 Å². The van der Waals surface area contributed by atoms with E-state index in [1.165, 1.54) is 0 Å². The van der Waals surface area contributed by atoms with Gasteiger partial charge in [0.2, 0.25) is 0 Å². The van der Waals surface area contributed by atoms with Gasteiger partial charge in [-0.3, -0.25) is 0 Å². The Balaban J connectivity index is 1.18. The molecule has 3 nitrogen and oxygen atoms in total. The molecule has 11 rings (SSSR count). The number of hydrogen-bond acceptors (Lipinski definition) is 3. The zero-order valence-electron chi connectivity index (χ0n) is 32.9. The Morgan fingerprint density at radius 2 is 0.650 bits per heavy atom. The molecule has 2 atom stereocenters. The van der Waals surface area contributed by atoms with Crippen molar-refractivity contribution in [1.82, 2.24) is 0 Å². The highest BCUT2D eigenvalue weighted by molar-refractivity contribution is 7.88. The van der Waals surface area contributed by atoms with Crippen LogP contribution in [0, 0.1) is 6.92 Å². The summed E-state index contributed by atoms with van der Waals surface area (Å²) in [4.78, 5) is 2.25. The van der Waals surface area contributed by atoms with Crippen LogP contribution >= 0.6 is 14.3 Å². The molecule has 9 aromatic rings. The molecule has 0 fully saturated rings. The molecule has 286 valence electrons. The Kier molecular flexibility index (Phi) is 8.61. The molecular formula is C55H39NO2P2. The number of benzene rings is 9. The molecule has 0 saturated carbocycles. The smallest absolute Gasteiger partial charge is 0.175 e. The summed E-state index contributed by atoms with van der Waals surface area (Å²) < 4.78 is 33.3. The minimum atomic E-state index is -3.55. The maximum Gasteiger partial charge on any atom is 0.175 e. The number of hydrogen-bond donors (Lipinski definition) is 0. The molecule has 5 heteroatoms. The first-order chi connectivity index (χ1) is 29.4. The second kappa shape index (κ2) is 14.2. The van der Waals surface area contributed by atoms with Gasteiger partial charge in [-0.1, -0.05) is 170 Å². The van der Waals surface area contributed by atoms with Crippen LogP contribution in [0.2, 0.25) is 0 Å². The molecule has 0 N–H and O–H groups in total. The van der Waals surface area contributed by atoms with E-state index in [0.717, 1.165) is 88.4 Å². The average Bonchev–Trinajstić information content (AvgIpc) is 3.32. The molecule has 0 aliphatic carbocycles. The van der Waals surface area contributed by atoms with E-state index in [0.29, 0.717) is 10.6 Å². The predicted octanol–water partition coefficient (Wildman–Crippen LogP) is 12.0. The fraction of sp³-hybridized carbons (Fsp3) is 0.0182. The number of fused-ring (bicyclic) bond motifs is 4. The van der Waals surface area contributed by atoms with Crippen molar-refractivity contribution >= 4 is 63.2 Å². The topological polar surface area (TPSA) is 37.4 Å². The minimum Gasteiger partial charge on any atom is -0.308 e. The van der Waals surface area contributed by atoms with Gasteiger partial charge in [-0.25, -0.2) is 0 Å². The van der Waals surface area contributed by atoms with Crippen LogP contribution in [-0.2, 0) is 9.13 Å². The SMILES string of the molecule is Cc1cc2c3c(c1)P(=O)(c1ccccc1)c1cc(-c4cccc(-c5ccccc5)c4)ccc1N3c1ccc(-c3cccc(-c4ccccc4)c3)cc1P2(=O)c1ccccc1. The third-order valence-electron chi connectivity index (χ3n) is 12.1. The van der Waals surface area contributed by atoms with Crippen molar-refractivity contribution in [2.75, 3.05) is 4.90 Å². The Hall–Kier alpha value is -6.76. The molecule has 2 aliphatic rings. The van der Waals surface area contributed by atoms with E-state index < -0.39 is 14.3 Å². The summed E-state index contributed by atoms with van der Waals surface area (Å²) in [6.07, 6.45) is 0. The first kappa shape index (κ1) is 36.3. The number of rotatable bonds is 6. The number of aryl methyl sites for hydroxylation is 1. The van der Waals surface area contributed by atoms with Gasteiger partial charge < -0.3 is 14.0 Å². The van der Waals surface area contributed by atoms with E-state index in [1.54, 1.807) is 0 Å². The van der Waals surface area contributed by atoms with Gasteiger partial charge in [0.05, 0.1) is 17.1 Å². The molecule has 0 spiro atoms. The van der Waals surface area contributed by atoms with Gasteiger partial charge in [0.1, 0.15) is 0 Å². The molecule has 2 heterocycles. The van der Waals surface area contributed by atoms with Crippen LogP contribution in [0.25, 0.3) is 44.5 Å². The van der Waals surface area contributed by atoms with Gasteiger partial charge in [-0.05, 0) is 106 Å². The Labute approximate surface area is 351 Å². The second-order valence-electron chi connectivity index (χ2n) is 15.7. The lowest BCUT2D eigenvalue weighted by Gasteiger charge is -2.44. The minimum absolute atomic E-state index is 0.716. The van der Waals surface area contributed by atoms with E-state index in [9.17, 15) is 0 Å². The monoisotopic (exact) mass is 807 g/mol. The van der Waals surface area contributed by atoms with E-state index in [1.807, 2.05) is 79.7 Å². The molecule has 60 heavy (non-hydrogen) atoms. The van der Waals surface area contributed by atoms with Gasteiger partial charge in [0.25, 0.3) is 0 Å². The lowest BCUT2D eigenvalue weighted by molar-refractivity contribution is 0.592. The van der Waals surface area contributed by atoms with Gasteiger partial charge in [-0.15, -0.1) is 0 Å². The lowest BCUT2D eigenvalue weighted by atomic mass is 9.98. The maximum atomic E-state index is 16.7. The number of anilines is 3. The van der Waals surface area contributed by atoms with Crippen molar-refractivity contribution < 1.29 is 9.13 Å². The summed E-state index contributed by atoms with van der Waals surface area (Å²) in [7, 11) is -7.10. The van der Waals surface area contributed by atoms with Crippen molar-refractivity contribution in [2.24, 2.45) is 0 Å². The van der Waals surface area contributed by atoms with Crippen LogP contribution < -0.4 is 36.7 Å². The molecular weight excluding hydrogens is 769 g/mol. The van der Waals surface area contributed by atoms with Crippen molar-refractivity contribution in [3.05, 3.63) is 224 Å². The summed E-state index contributed by atoms with van der Waals surface area (Å²) in [6, 6.07) is 74.7. The Morgan fingerprint density at radius 3 is 1.05 bits per heavy atom. The first-order valence-corrected chi connectivity index (χ1v) is 23.7. The summed E-state index contributed by atoms with van der Waals surface area (Å²) in [6.45, 7) is 2.04. The third-order valence-corrected chi connectivity index (χ3v) is 18.2. The fourth-order valence-electron chi connectivity index (χ4n) is 9.22. The van der Waals surface area contributed by atoms with Gasteiger partial charge in [-0.2, -0.15) is 0 Å². The molecule has 2 unspecified atom stereocenters. The quantitative estimate of drug-likeness (QED) is 0.157. The molecule has 0 aromatic heterocycles. The van der Waals surface area contributed by atoms with Crippen molar-refractivity contribution in [2.45, 2.75) is 6.92 Å². The maximum absolute atomic E-state index is 16.7. The number of nitrogens with zero attached hydrogens (tertiary/aromatic N) is 1. The highest BCUT2D eigenvalue weighted by Gasteiger charge is 2.50. The molecule has 0 saturated heterocycles. The van der Waals surface area contributed by atoms with Crippen LogP contribution in [0.1, 0.15) is 5.56 Å². The first-order valence-electron chi connectivity index (χ1n) is 20.3. The summed E-state index contributed by atoms with van der Waals surface area (Å²) >= 11 is 0. The molecule has 9 aromatic carbocycles. The Morgan fingerprint density at radius 1 is 0.317 bits per heavy atom. The van der Waals surface area contributed by atoms with E-state index in [-0.39, 0.29) is 0 Å². The zero-order chi connectivity index (χ0) is 40.4. The normalized spacial score (nSPS) is 17.3. The largest absolute Gasteiger partial charge is 0.308 e. The van der Waals surface area contributed by atoms with Crippen LogP contribution in [0.3, 0.4) is 0 Å². The van der Waals surface area contributed by atoms with Crippen LogP contribution in [0.4, 0.5) is 17.1 Å². The summed E-state index contributed by atoms with van der Waals surface area (Å²) in [5, 5.41) is 4.47. The molecule has 0 amide bonds. The van der Waals surface area contributed by atoms with Crippen molar-refractivity contribution in [3.63, 3.8) is 0 Å². The molecule has 0 radical (unpaired) electrons. The third kappa shape index (κ3) is 5.65. The highest BCUT2D eigenvalue weighted by atomic mass is 31.2. The molecule has 2 aliphatic heterocycles. The summed E-state index contributed by atoms with van der Waals surface area (Å²) in [5.74, 6) is 0. The van der Waals surface area contributed by atoms with Crippen LogP contribution in [0.15, 0.2) is 218 Å². The van der Waals surface area contributed by atoms with Gasteiger partial charge >= 0.3 is 0 Å². The fourth-order valence-corrected chi connectivity index (χ4v) is 15.6. The van der Waals surface area contributed by atoms with Crippen LogP contribution in [0.5, 0.6) is 0 Å². The Bertz CT molecular complexity index is 3010. The predicted molar refractivity (Wildman–Crippen MR) is 254 cm³/mol. The zero-order valence-corrected chi connectivity index (χ0v) is 34.7. The molecule has 0 bridgehead atoms. The average molecular weight is 808 g/mol. The second-order valence-corrected chi connectivity index (χ2v) is 21.1. The van der Waals surface area contributed by atoms with Crippen molar-refractivity contribution in [1.29, 1.82) is 0 Å². The van der Waals surface area contributed by atoms with E-state index in [2.05, 4.69) is 150 Å². The van der Waals surface area contributed by atoms with Gasteiger partial charge in [0.15, 0.2) is 14.3 Å². The van der Waals surface area contributed by atoms with Crippen molar-refractivity contribution in [3.8, 4) is 44.5 Å². The standard InChI is InChI=1S/C55H39NO2P2/c1-38-32-53-55-54(33-38)60(58,48-26-12-5-13-27-48)52-37-46(44-23-15-21-42(35-44)40-18-8-3-9-19-40)29-31-50(52)56(55)49-30-28-45(36-51(49)59(53,57)47-24-10-4-11-25-47)43-22-14-20-41(34-43)39-16-6-2-7-17-39/h2-37H,1H3. The summed E-state index contributed by atoms with van der Waals surface area (Å²) in [5.41, 5.74) is 11.9. The lowest BCUT2D eigenvalue weighted by Crippen LogP contribution is -2.46. The van der Waals surface area contributed by atoms with E-state index >= 15 is 9.13 Å².